The molecule has 1 amide bonds. The lowest BCUT2D eigenvalue weighted by Gasteiger charge is -1.97. The van der Waals surface area contributed by atoms with Gasteiger partial charge in [0.2, 0.25) is 5.82 Å². The van der Waals surface area contributed by atoms with Gasteiger partial charge in [0.25, 0.3) is 11.7 Å². The molecule has 1 N–H and O–H groups in total. The van der Waals surface area contributed by atoms with E-state index in [9.17, 15) is 4.79 Å². The van der Waals surface area contributed by atoms with Crippen molar-refractivity contribution in [3.63, 3.8) is 0 Å². The van der Waals surface area contributed by atoms with Crippen molar-refractivity contribution in [3.8, 4) is 11.8 Å². The number of rotatable bonds is 2. The van der Waals surface area contributed by atoms with Crippen molar-refractivity contribution >= 4 is 11.7 Å². The first-order valence-electron chi connectivity index (χ1n) is 7.16. The van der Waals surface area contributed by atoms with E-state index in [0.717, 1.165) is 17.0 Å². The first-order valence-corrected chi connectivity index (χ1v) is 7.16. The number of aromatic nitrogens is 4. The molecule has 0 spiro atoms. The summed E-state index contributed by atoms with van der Waals surface area (Å²) in [7, 11) is 0. The molecule has 2 aromatic heterocycles. The van der Waals surface area contributed by atoms with Crippen LogP contribution in [0.2, 0.25) is 0 Å². The number of nitrogens with one attached hydrogen (secondary N) is 1. The van der Waals surface area contributed by atoms with E-state index < -0.39 is 0 Å². The Balaban J connectivity index is 1.69. The van der Waals surface area contributed by atoms with Gasteiger partial charge in [-0.15, -0.1) is 5.10 Å². The summed E-state index contributed by atoms with van der Waals surface area (Å²) in [5.74, 6) is 6.01. The fourth-order valence-electron chi connectivity index (χ4n) is 2.13. The van der Waals surface area contributed by atoms with Gasteiger partial charge < -0.3 is 5.32 Å². The smallest absolute Gasteiger partial charge is 0.291 e. The van der Waals surface area contributed by atoms with Crippen LogP contribution in [0, 0.1) is 25.7 Å². The molecule has 6 nitrogen and oxygen atoms in total. The quantitative estimate of drug-likeness (QED) is 0.729. The van der Waals surface area contributed by atoms with Crippen LogP contribution in [-0.2, 0) is 0 Å². The second kappa shape index (κ2) is 6.28. The van der Waals surface area contributed by atoms with Gasteiger partial charge in [-0.25, -0.2) is 9.50 Å². The van der Waals surface area contributed by atoms with E-state index in [1.165, 1.54) is 0 Å². The van der Waals surface area contributed by atoms with Crippen molar-refractivity contribution < 1.29 is 4.79 Å². The number of amides is 1. The number of carbonyl (C=O) groups is 1. The third-order valence-electron chi connectivity index (χ3n) is 3.17. The zero-order valence-electron chi connectivity index (χ0n) is 12.9. The number of nitrogens with zero attached hydrogens (tertiary/aromatic N) is 4. The maximum atomic E-state index is 12.1. The summed E-state index contributed by atoms with van der Waals surface area (Å²) in [6, 6.07) is 11.5. The molecule has 6 heteroatoms. The van der Waals surface area contributed by atoms with Gasteiger partial charge in [-0.2, -0.15) is 4.98 Å². The minimum absolute atomic E-state index is 0.0905. The van der Waals surface area contributed by atoms with Gasteiger partial charge in [0, 0.05) is 17.0 Å². The summed E-state index contributed by atoms with van der Waals surface area (Å²) in [5, 5.41) is 6.86. The van der Waals surface area contributed by atoms with Crippen molar-refractivity contribution in [2.45, 2.75) is 13.8 Å². The molecule has 23 heavy (non-hydrogen) atoms. The van der Waals surface area contributed by atoms with Gasteiger partial charge in [-0.1, -0.05) is 30.0 Å². The van der Waals surface area contributed by atoms with Crippen LogP contribution in [0.4, 0.5) is 0 Å². The van der Waals surface area contributed by atoms with Crippen molar-refractivity contribution in [2.75, 3.05) is 6.54 Å². The monoisotopic (exact) mass is 305 g/mol. The minimum atomic E-state index is -0.366. The number of carbonyl (C=O) groups excluding carboxylic acids is 1. The van der Waals surface area contributed by atoms with Crippen LogP contribution in [-0.4, -0.2) is 32.0 Å². The van der Waals surface area contributed by atoms with E-state index in [1.807, 2.05) is 50.2 Å². The van der Waals surface area contributed by atoms with E-state index in [4.69, 9.17) is 0 Å². The van der Waals surface area contributed by atoms with Crippen molar-refractivity contribution in [3.05, 3.63) is 59.2 Å². The maximum Gasteiger partial charge on any atom is 0.291 e. The number of hydrogen-bond acceptors (Lipinski definition) is 4. The fraction of sp³-hybridized carbons (Fsp3) is 0.176. The highest BCUT2D eigenvalue weighted by Crippen LogP contribution is 2.05. The van der Waals surface area contributed by atoms with Crippen LogP contribution in [0.25, 0.3) is 5.78 Å². The van der Waals surface area contributed by atoms with Crippen molar-refractivity contribution in [1.29, 1.82) is 0 Å². The topological polar surface area (TPSA) is 72.2 Å². The number of aryl methyl sites for hydroxylation is 2. The number of hydrogen-bond donors (Lipinski definition) is 1. The van der Waals surface area contributed by atoms with Crippen LogP contribution in [0.15, 0.2) is 36.4 Å². The SMILES string of the molecule is Cc1cc(C)n2nc(C(=O)NCC#Cc3ccccc3)nc2n1. The van der Waals surface area contributed by atoms with E-state index in [0.29, 0.717) is 5.78 Å². The van der Waals surface area contributed by atoms with Crippen LogP contribution < -0.4 is 5.32 Å². The highest BCUT2D eigenvalue weighted by molar-refractivity contribution is 5.90. The van der Waals surface area contributed by atoms with Crippen LogP contribution in [0.5, 0.6) is 0 Å². The Hall–Kier alpha value is -3.20. The summed E-state index contributed by atoms with van der Waals surface area (Å²) in [5.41, 5.74) is 2.62. The van der Waals surface area contributed by atoms with Gasteiger partial charge in [-0.05, 0) is 32.0 Å². The van der Waals surface area contributed by atoms with Crippen LogP contribution >= 0.6 is 0 Å². The molecule has 1 aromatic carbocycles. The Kier molecular flexibility index (Phi) is 4.02. The Morgan fingerprint density at radius 2 is 2.00 bits per heavy atom. The van der Waals surface area contributed by atoms with E-state index >= 15 is 0 Å². The third kappa shape index (κ3) is 3.35. The van der Waals surface area contributed by atoms with Gasteiger partial charge in [0.1, 0.15) is 0 Å². The molecule has 0 radical (unpaired) electrons. The lowest BCUT2D eigenvalue weighted by Crippen LogP contribution is -2.24. The second-order valence-corrected chi connectivity index (χ2v) is 5.04. The Morgan fingerprint density at radius 3 is 2.78 bits per heavy atom. The lowest BCUT2D eigenvalue weighted by atomic mass is 10.2. The molecule has 2 heterocycles. The predicted octanol–water partition coefficient (Wildman–Crippen LogP) is 1.52. The molecular weight excluding hydrogens is 290 g/mol. The molecule has 0 bridgehead atoms. The maximum absolute atomic E-state index is 12.1. The lowest BCUT2D eigenvalue weighted by molar-refractivity contribution is 0.0948. The summed E-state index contributed by atoms with van der Waals surface area (Å²) >= 11 is 0. The van der Waals surface area contributed by atoms with Crippen molar-refractivity contribution in [1.82, 2.24) is 24.9 Å². The van der Waals surface area contributed by atoms with Crippen LogP contribution in [0.1, 0.15) is 27.6 Å². The predicted molar refractivity (Wildman–Crippen MR) is 85.9 cm³/mol. The van der Waals surface area contributed by atoms with E-state index in [-0.39, 0.29) is 18.3 Å². The summed E-state index contributed by atoms with van der Waals surface area (Å²) < 4.78 is 1.55. The Bertz CT molecular complexity index is 919. The molecular formula is C17H15N5O. The number of benzene rings is 1. The van der Waals surface area contributed by atoms with Gasteiger partial charge in [-0.3, -0.25) is 4.79 Å². The molecule has 0 atom stereocenters. The minimum Gasteiger partial charge on any atom is -0.338 e. The highest BCUT2D eigenvalue weighted by Gasteiger charge is 2.13. The number of fused-ring (bicyclic) bond motifs is 1. The first-order chi connectivity index (χ1) is 11.1. The Labute approximate surface area is 133 Å². The van der Waals surface area contributed by atoms with E-state index in [2.05, 4.69) is 32.2 Å². The molecule has 114 valence electrons. The zero-order valence-corrected chi connectivity index (χ0v) is 12.9. The summed E-state index contributed by atoms with van der Waals surface area (Å²) in [6.45, 7) is 4.00. The third-order valence-corrected chi connectivity index (χ3v) is 3.17. The molecule has 0 aliphatic carbocycles. The normalized spacial score (nSPS) is 10.2. The molecule has 0 saturated heterocycles. The summed E-state index contributed by atoms with van der Waals surface area (Å²) in [4.78, 5) is 20.5. The molecule has 3 rings (SSSR count). The molecule has 3 aromatic rings. The zero-order chi connectivity index (χ0) is 16.2. The average molecular weight is 305 g/mol. The van der Waals surface area contributed by atoms with Gasteiger partial charge >= 0.3 is 0 Å². The van der Waals surface area contributed by atoms with Gasteiger partial charge in [0.15, 0.2) is 0 Å². The molecule has 0 aliphatic rings. The molecule has 0 fully saturated rings. The highest BCUT2D eigenvalue weighted by atomic mass is 16.2. The summed E-state index contributed by atoms with van der Waals surface area (Å²) in [6.07, 6.45) is 0. The second-order valence-electron chi connectivity index (χ2n) is 5.04. The molecule has 0 aliphatic heterocycles. The fourth-order valence-corrected chi connectivity index (χ4v) is 2.13. The van der Waals surface area contributed by atoms with Crippen LogP contribution in [0.3, 0.4) is 0 Å². The average Bonchev–Trinajstić information content (AvgIpc) is 2.97. The largest absolute Gasteiger partial charge is 0.338 e. The van der Waals surface area contributed by atoms with Gasteiger partial charge in [0.05, 0.1) is 6.54 Å². The van der Waals surface area contributed by atoms with Crippen molar-refractivity contribution in [2.24, 2.45) is 0 Å². The standard InChI is InChI=1S/C17H15N5O/c1-12-11-13(2)22-17(19-12)20-15(21-22)16(23)18-10-6-9-14-7-4-3-5-8-14/h3-5,7-8,11H,10H2,1-2H3,(H,18,23). The van der Waals surface area contributed by atoms with E-state index in [1.54, 1.807) is 4.52 Å². The first kappa shape index (κ1) is 14.7. The Morgan fingerprint density at radius 1 is 1.22 bits per heavy atom. The molecule has 0 saturated carbocycles. The molecule has 0 unspecified atom stereocenters.